The van der Waals surface area contributed by atoms with E-state index in [1.165, 1.54) is 5.56 Å². The summed E-state index contributed by atoms with van der Waals surface area (Å²) in [6.07, 6.45) is 0.819. The molecular formula is C21H22BNO4S. The van der Waals surface area contributed by atoms with Crippen molar-refractivity contribution in [1.29, 1.82) is 0 Å². The number of fused-ring (bicyclic) bond motifs is 3. The van der Waals surface area contributed by atoms with Gasteiger partial charge >= 0.3 is 5.97 Å². The van der Waals surface area contributed by atoms with Gasteiger partial charge in [-0.2, -0.15) is 0 Å². The van der Waals surface area contributed by atoms with E-state index in [4.69, 9.17) is 14.2 Å². The fourth-order valence-corrected chi connectivity index (χ4v) is 4.78. The molecule has 0 atom stereocenters. The predicted octanol–water partition coefficient (Wildman–Crippen LogP) is 2.89. The van der Waals surface area contributed by atoms with Crippen LogP contribution in [0.5, 0.6) is 11.5 Å². The number of hydrogen-bond donors (Lipinski definition) is 0. The number of thiophene rings is 1. The molecule has 4 rings (SSSR count). The van der Waals surface area contributed by atoms with Gasteiger partial charge in [0.2, 0.25) is 0 Å². The second-order valence-corrected chi connectivity index (χ2v) is 7.60. The molecule has 2 aromatic heterocycles. The lowest BCUT2D eigenvalue weighted by Gasteiger charge is -2.26. The molecule has 0 saturated heterocycles. The highest BCUT2D eigenvalue weighted by molar-refractivity contribution is 7.13. The molecule has 144 valence electrons. The Morgan fingerprint density at radius 1 is 1.25 bits per heavy atom. The van der Waals surface area contributed by atoms with E-state index in [9.17, 15) is 4.79 Å². The minimum Gasteiger partial charge on any atom is -0.493 e. The van der Waals surface area contributed by atoms with Crippen LogP contribution in [-0.2, 0) is 17.7 Å². The van der Waals surface area contributed by atoms with Gasteiger partial charge in [-0.1, -0.05) is 6.07 Å². The van der Waals surface area contributed by atoms with Crippen molar-refractivity contribution in [2.45, 2.75) is 19.9 Å². The van der Waals surface area contributed by atoms with E-state index in [2.05, 4.69) is 18.5 Å². The maximum absolute atomic E-state index is 12.6. The summed E-state index contributed by atoms with van der Waals surface area (Å²) in [7, 11) is 5.38. The number of aromatic nitrogens is 1. The van der Waals surface area contributed by atoms with Crippen LogP contribution in [0.4, 0.5) is 0 Å². The quantitative estimate of drug-likeness (QED) is 0.493. The van der Waals surface area contributed by atoms with Crippen LogP contribution < -0.4 is 14.9 Å². The average Bonchev–Trinajstić information content (AvgIpc) is 3.35. The van der Waals surface area contributed by atoms with Crippen LogP contribution in [0.3, 0.4) is 0 Å². The molecule has 28 heavy (non-hydrogen) atoms. The van der Waals surface area contributed by atoms with E-state index < -0.39 is 0 Å². The van der Waals surface area contributed by atoms with Gasteiger partial charge in [0, 0.05) is 22.5 Å². The van der Waals surface area contributed by atoms with Crippen molar-refractivity contribution >= 4 is 30.6 Å². The normalized spacial score (nSPS) is 12.2. The van der Waals surface area contributed by atoms with Gasteiger partial charge in [0.1, 0.15) is 13.5 Å². The lowest BCUT2D eigenvalue weighted by Crippen LogP contribution is -2.24. The summed E-state index contributed by atoms with van der Waals surface area (Å²) < 4.78 is 18.6. The maximum Gasteiger partial charge on any atom is 0.354 e. The van der Waals surface area contributed by atoms with Crippen molar-refractivity contribution in [2.24, 2.45) is 0 Å². The number of esters is 1. The Kier molecular flexibility index (Phi) is 4.93. The molecule has 0 amide bonds. The molecule has 0 radical (unpaired) electrons. The van der Waals surface area contributed by atoms with Gasteiger partial charge in [-0.15, -0.1) is 11.3 Å². The molecule has 5 nitrogen and oxygen atoms in total. The van der Waals surface area contributed by atoms with E-state index in [1.807, 2.05) is 30.5 Å². The Morgan fingerprint density at radius 2 is 2.07 bits per heavy atom. The number of ether oxygens (including phenoxy) is 3. The number of carbonyl (C=O) groups is 1. The summed E-state index contributed by atoms with van der Waals surface area (Å²) in [5, 5.41) is 2.05. The van der Waals surface area contributed by atoms with Gasteiger partial charge in [0.05, 0.1) is 26.5 Å². The van der Waals surface area contributed by atoms with Crippen molar-refractivity contribution in [3.05, 3.63) is 40.9 Å². The third kappa shape index (κ3) is 2.81. The number of methoxy groups -OCH3 is 2. The van der Waals surface area contributed by atoms with Gasteiger partial charge in [-0.05, 0) is 47.9 Å². The summed E-state index contributed by atoms with van der Waals surface area (Å²) >= 11 is 1.66. The number of nitrogens with zero attached hydrogens (tertiary/aromatic N) is 1. The van der Waals surface area contributed by atoms with Crippen LogP contribution in [0.1, 0.15) is 23.0 Å². The zero-order chi connectivity index (χ0) is 19.8. The van der Waals surface area contributed by atoms with Crippen molar-refractivity contribution in [3.63, 3.8) is 0 Å². The molecule has 3 heterocycles. The van der Waals surface area contributed by atoms with Gasteiger partial charge < -0.3 is 18.8 Å². The van der Waals surface area contributed by atoms with Gasteiger partial charge in [-0.3, -0.25) is 0 Å². The predicted molar refractivity (Wildman–Crippen MR) is 114 cm³/mol. The highest BCUT2D eigenvalue weighted by Crippen LogP contribution is 2.44. The second-order valence-electron chi connectivity index (χ2n) is 6.65. The molecule has 0 N–H and O–H groups in total. The van der Waals surface area contributed by atoms with E-state index in [1.54, 1.807) is 25.6 Å². The first kappa shape index (κ1) is 18.7. The van der Waals surface area contributed by atoms with Crippen LogP contribution in [0.15, 0.2) is 29.6 Å². The van der Waals surface area contributed by atoms with Crippen LogP contribution >= 0.6 is 11.3 Å². The van der Waals surface area contributed by atoms with E-state index in [0.29, 0.717) is 18.1 Å². The summed E-state index contributed by atoms with van der Waals surface area (Å²) in [5.74, 6) is 1.18. The number of rotatable bonds is 5. The van der Waals surface area contributed by atoms with Crippen molar-refractivity contribution in [2.75, 3.05) is 20.8 Å². The highest BCUT2D eigenvalue weighted by atomic mass is 32.1. The molecule has 0 aliphatic carbocycles. The fraction of sp³-hybridized carbons (Fsp3) is 0.286. The molecule has 1 aliphatic rings. The smallest absolute Gasteiger partial charge is 0.354 e. The first-order valence-electron chi connectivity index (χ1n) is 9.30. The zero-order valence-electron chi connectivity index (χ0n) is 16.5. The average molecular weight is 395 g/mol. The fourth-order valence-electron chi connectivity index (χ4n) is 4.04. The Labute approximate surface area is 169 Å². The number of hydrogen-bond acceptors (Lipinski definition) is 5. The molecule has 0 spiro atoms. The molecular weight excluding hydrogens is 373 g/mol. The van der Waals surface area contributed by atoms with E-state index in [-0.39, 0.29) is 5.97 Å². The molecule has 3 aromatic rings. The maximum atomic E-state index is 12.6. The van der Waals surface area contributed by atoms with Gasteiger partial charge in [0.15, 0.2) is 11.5 Å². The second kappa shape index (κ2) is 7.39. The van der Waals surface area contributed by atoms with Crippen LogP contribution in [0, 0.1) is 0 Å². The minimum atomic E-state index is -0.285. The molecule has 0 saturated carbocycles. The molecule has 0 unspecified atom stereocenters. The molecule has 0 fully saturated rings. The summed E-state index contributed by atoms with van der Waals surface area (Å²) in [5.41, 5.74) is 6.08. The van der Waals surface area contributed by atoms with Gasteiger partial charge in [-0.25, -0.2) is 4.79 Å². The van der Waals surface area contributed by atoms with Crippen molar-refractivity contribution < 1.29 is 19.0 Å². The molecule has 7 heteroatoms. The van der Waals surface area contributed by atoms with Crippen LogP contribution in [0.25, 0.3) is 21.7 Å². The third-order valence-electron chi connectivity index (χ3n) is 5.25. The van der Waals surface area contributed by atoms with Gasteiger partial charge in [0.25, 0.3) is 0 Å². The lowest BCUT2D eigenvalue weighted by molar-refractivity contribution is 0.0514. The first-order valence-corrected chi connectivity index (χ1v) is 10.2. The number of benzene rings is 1. The largest absolute Gasteiger partial charge is 0.493 e. The first-order chi connectivity index (χ1) is 13.6. The van der Waals surface area contributed by atoms with E-state index in [0.717, 1.165) is 45.9 Å². The zero-order valence-corrected chi connectivity index (χ0v) is 17.3. The lowest BCUT2D eigenvalue weighted by atomic mass is 9.82. The SMILES string of the molecule is Bc1c2c(cc(OC)c1OC)-c1c(-c3cccs3)cc(C(=O)OCC)n1CC2. The summed E-state index contributed by atoms with van der Waals surface area (Å²) in [4.78, 5) is 13.7. The Bertz CT molecular complexity index is 1040. The molecule has 1 aromatic carbocycles. The standard InChI is InChI=1S/C21H22BNO4S/c1-4-27-21(24)15-10-14(17-6-5-9-28-17)19-13-11-16(25-2)20(26-3)18(22)12(13)7-8-23(15)19/h5-6,9-11H,4,7-8,22H2,1-3H3. The van der Waals surface area contributed by atoms with Crippen molar-refractivity contribution in [1.82, 2.24) is 4.57 Å². The van der Waals surface area contributed by atoms with Crippen molar-refractivity contribution in [3.8, 4) is 33.2 Å². The Hall–Kier alpha value is -2.67. The van der Waals surface area contributed by atoms with Crippen LogP contribution in [-0.4, -0.2) is 39.2 Å². The topological polar surface area (TPSA) is 49.7 Å². The van der Waals surface area contributed by atoms with E-state index >= 15 is 0 Å². The highest BCUT2D eigenvalue weighted by Gasteiger charge is 2.30. The Morgan fingerprint density at radius 3 is 2.71 bits per heavy atom. The van der Waals surface area contributed by atoms with Crippen LogP contribution in [0.2, 0.25) is 0 Å². The third-order valence-corrected chi connectivity index (χ3v) is 6.15. The minimum absolute atomic E-state index is 0.285. The number of carbonyl (C=O) groups excluding carboxylic acids is 1. The Balaban J connectivity index is 2.01. The monoisotopic (exact) mass is 395 g/mol. The molecule has 0 bridgehead atoms. The summed E-state index contributed by atoms with van der Waals surface area (Å²) in [6, 6.07) is 8.09. The summed E-state index contributed by atoms with van der Waals surface area (Å²) in [6.45, 7) is 2.90. The molecule has 1 aliphatic heterocycles.